The van der Waals surface area contributed by atoms with Crippen molar-refractivity contribution in [3.63, 3.8) is 0 Å². The number of hydrogen-bond acceptors (Lipinski definition) is 2. The Hall–Kier alpha value is -2.80. The molecule has 0 aliphatic heterocycles. The zero-order chi connectivity index (χ0) is 24.0. The molecule has 0 bridgehead atoms. The van der Waals surface area contributed by atoms with Crippen molar-refractivity contribution in [2.24, 2.45) is 5.16 Å². The predicted molar refractivity (Wildman–Crippen MR) is 150 cm³/mol. The summed E-state index contributed by atoms with van der Waals surface area (Å²) >= 11 is 2.77. The molecule has 0 aromatic heterocycles. The number of oxime groups is 1. The van der Waals surface area contributed by atoms with Crippen LogP contribution in [-0.2, 0) is 0 Å². The quantitative estimate of drug-likeness (QED) is 0.117. The SMILES string of the molecule is CCN(CC)C(=NO)c1ccc(Cl)c[c]1[Sn]([c]1ccccc1)([c]1ccccc1)[c]1ccccc1.O. The van der Waals surface area contributed by atoms with Gasteiger partial charge in [0.2, 0.25) is 0 Å². The van der Waals surface area contributed by atoms with Crippen LogP contribution < -0.4 is 14.3 Å². The van der Waals surface area contributed by atoms with Gasteiger partial charge in [-0.3, -0.25) is 0 Å². The molecule has 0 aliphatic carbocycles. The molecular formula is C29H31ClN2O2Sn. The second-order valence-electron chi connectivity index (χ2n) is 8.13. The minimum atomic E-state index is -3.93. The van der Waals surface area contributed by atoms with Gasteiger partial charge in [-0.05, 0) is 0 Å². The van der Waals surface area contributed by atoms with Gasteiger partial charge in [-0.25, -0.2) is 0 Å². The summed E-state index contributed by atoms with van der Waals surface area (Å²) in [6, 6.07) is 38.3. The molecule has 0 unspecified atom stereocenters. The van der Waals surface area contributed by atoms with E-state index in [0.717, 1.165) is 18.7 Å². The molecule has 0 aliphatic rings. The summed E-state index contributed by atoms with van der Waals surface area (Å²) < 4.78 is 5.11. The molecule has 0 heterocycles. The maximum Gasteiger partial charge on any atom is -0.412 e. The van der Waals surface area contributed by atoms with Gasteiger partial charge in [-0.2, -0.15) is 0 Å². The molecule has 0 fully saturated rings. The van der Waals surface area contributed by atoms with E-state index < -0.39 is 18.4 Å². The fraction of sp³-hybridized carbons (Fsp3) is 0.138. The Bertz CT molecular complexity index is 1150. The number of amidine groups is 1. The third kappa shape index (κ3) is 5.10. The third-order valence-corrected chi connectivity index (χ3v) is 20.4. The molecule has 35 heavy (non-hydrogen) atoms. The minimum absolute atomic E-state index is 0. The van der Waals surface area contributed by atoms with Crippen molar-refractivity contribution >= 4 is 50.1 Å². The smallest absolute Gasteiger partial charge is 0.412 e. The Kier molecular flexibility index (Phi) is 9.38. The van der Waals surface area contributed by atoms with Crippen LogP contribution in [0.3, 0.4) is 0 Å². The van der Waals surface area contributed by atoms with Crippen molar-refractivity contribution in [1.29, 1.82) is 0 Å². The Morgan fingerprint density at radius 3 is 1.54 bits per heavy atom. The first kappa shape index (κ1) is 26.8. The summed E-state index contributed by atoms with van der Waals surface area (Å²) in [4.78, 5) is 2.09. The van der Waals surface area contributed by atoms with E-state index in [4.69, 9.17) is 11.6 Å². The molecular weight excluding hydrogens is 562 g/mol. The monoisotopic (exact) mass is 594 g/mol. The van der Waals surface area contributed by atoms with Crippen LogP contribution in [0.5, 0.6) is 0 Å². The van der Waals surface area contributed by atoms with Gasteiger partial charge < -0.3 is 5.48 Å². The molecule has 4 aromatic rings. The van der Waals surface area contributed by atoms with Gasteiger partial charge in [0.05, 0.1) is 0 Å². The molecule has 3 N–H and O–H groups in total. The second-order valence-corrected chi connectivity index (χ2v) is 19.3. The summed E-state index contributed by atoms with van der Waals surface area (Å²) in [7, 11) is 0. The van der Waals surface area contributed by atoms with Crippen LogP contribution in [0.1, 0.15) is 19.4 Å². The largest absolute Gasteiger partial charge is 0.412 e. The van der Waals surface area contributed by atoms with Gasteiger partial charge in [0.15, 0.2) is 0 Å². The van der Waals surface area contributed by atoms with Crippen molar-refractivity contribution in [3.05, 3.63) is 120 Å². The molecule has 0 amide bonds. The molecule has 0 saturated carbocycles. The van der Waals surface area contributed by atoms with Crippen LogP contribution in [0.4, 0.5) is 0 Å². The van der Waals surface area contributed by atoms with E-state index >= 15 is 0 Å². The van der Waals surface area contributed by atoms with Crippen LogP contribution in [0.2, 0.25) is 5.02 Å². The normalized spacial score (nSPS) is 11.6. The van der Waals surface area contributed by atoms with Crippen molar-refractivity contribution in [1.82, 2.24) is 4.90 Å². The van der Waals surface area contributed by atoms with Gasteiger partial charge in [-0.1, -0.05) is 0 Å². The van der Waals surface area contributed by atoms with Crippen LogP contribution in [0.25, 0.3) is 0 Å². The molecule has 0 atom stereocenters. The van der Waals surface area contributed by atoms with Crippen LogP contribution in [-0.4, -0.2) is 52.9 Å². The fourth-order valence-electron chi connectivity index (χ4n) is 4.86. The first-order valence-corrected chi connectivity index (χ1v) is 17.7. The van der Waals surface area contributed by atoms with E-state index in [1.54, 1.807) is 0 Å². The Morgan fingerprint density at radius 1 is 0.743 bits per heavy atom. The minimum Gasteiger partial charge on any atom is -0.412 e. The number of rotatable bonds is 7. The van der Waals surface area contributed by atoms with E-state index in [0.29, 0.717) is 10.9 Å². The second kappa shape index (κ2) is 12.2. The molecule has 4 aromatic carbocycles. The number of nitrogens with zero attached hydrogens (tertiary/aromatic N) is 2. The van der Waals surface area contributed by atoms with Gasteiger partial charge in [0.25, 0.3) is 0 Å². The van der Waals surface area contributed by atoms with Gasteiger partial charge >= 0.3 is 212 Å². The maximum absolute atomic E-state index is 10.2. The Labute approximate surface area is 216 Å². The average Bonchev–Trinajstić information content (AvgIpc) is 2.90. The zero-order valence-electron chi connectivity index (χ0n) is 20.0. The molecule has 180 valence electrons. The standard InChI is InChI=1S/C11H14ClN2O.3C6H5.H2O.Sn/c1-3-14(4-2)11(13-15)9-5-7-10(12)8-6-9;3*1-2-4-6-5-3-1;;/h5,7-8,15H,3-4H2,1-2H3;3*1-5H;1H2;. The van der Waals surface area contributed by atoms with Crippen LogP contribution in [0.15, 0.2) is 114 Å². The average molecular weight is 594 g/mol. The summed E-state index contributed by atoms with van der Waals surface area (Å²) in [5.41, 5.74) is 0.933. The van der Waals surface area contributed by atoms with Crippen LogP contribution >= 0.6 is 11.6 Å². The molecule has 4 rings (SSSR count). The Morgan fingerprint density at radius 2 is 1.17 bits per heavy atom. The summed E-state index contributed by atoms with van der Waals surface area (Å²) in [6.45, 7) is 5.63. The van der Waals surface area contributed by atoms with Crippen molar-refractivity contribution in [3.8, 4) is 0 Å². The predicted octanol–water partition coefficient (Wildman–Crippen LogP) is 3.37. The van der Waals surface area contributed by atoms with E-state index in [2.05, 4.69) is 121 Å². The topological polar surface area (TPSA) is 67.3 Å². The summed E-state index contributed by atoms with van der Waals surface area (Å²) in [6.07, 6.45) is 0. The maximum atomic E-state index is 10.2. The first-order chi connectivity index (χ1) is 16.7. The molecule has 0 radical (unpaired) electrons. The molecule has 0 saturated heterocycles. The van der Waals surface area contributed by atoms with Crippen molar-refractivity contribution < 1.29 is 10.7 Å². The van der Waals surface area contributed by atoms with Gasteiger partial charge in [0, 0.05) is 0 Å². The number of benzene rings is 4. The van der Waals surface area contributed by atoms with E-state index in [-0.39, 0.29) is 5.48 Å². The van der Waals surface area contributed by atoms with E-state index in [1.807, 2.05) is 12.1 Å². The Balaban J connectivity index is 0.00000342. The zero-order valence-corrected chi connectivity index (χ0v) is 23.6. The number of hydrogen-bond donors (Lipinski definition) is 1. The first-order valence-electron chi connectivity index (χ1n) is 11.6. The van der Waals surface area contributed by atoms with Crippen molar-refractivity contribution in [2.45, 2.75) is 13.8 Å². The summed E-state index contributed by atoms with van der Waals surface area (Å²) in [5, 5.41) is 14.7. The van der Waals surface area contributed by atoms with Gasteiger partial charge in [0.1, 0.15) is 0 Å². The van der Waals surface area contributed by atoms with Gasteiger partial charge in [-0.15, -0.1) is 0 Å². The van der Waals surface area contributed by atoms with E-state index in [9.17, 15) is 5.21 Å². The fourth-order valence-corrected chi connectivity index (χ4v) is 19.5. The number of halogens is 1. The molecule has 6 heteroatoms. The van der Waals surface area contributed by atoms with Crippen molar-refractivity contribution in [2.75, 3.05) is 13.1 Å². The van der Waals surface area contributed by atoms with Crippen LogP contribution in [0, 0.1) is 0 Å². The van der Waals surface area contributed by atoms with E-state index in [1.165, 1.54) is 14.3 Å². The molecule has 4 nitrogen and oxygen atoms in total. The third-order valence-electron chi connectivity index (χ3n) is 6.40. The summed E-state index contributed by atoms with van der Waals surface area (Å²) in [5.74, 6) is 0.584. The molecule has 0 spiro atoms.